The number of aliphatic imine (C=N–C) groups is 2. The highest BCUT2D eigenvalue weighted by Crippen LogP contribution is 2.50. The molecule has 0 saturated heterocycles. The van der Waals surface area contributed by atoms with E-state index in [9.17, 15) is 0 Å². The molecule has 0 unspecified atom stereocenters. The third-order valence-electron chi connectivity index (χ3n) is 10.2. The van der Waals surface area contributed by atoms with Gasteiger partial charge in [0.05, 0.1) is 6.54 Å². The van der Waals surface area contributed by atoms with E-state index in [1.807, 2.05) is 0 Å². The van der Waals surface area contributed by atoms with Gasteiger partial charge in [0.25, 0.3) is 0 Å². The van der Waals surface area contributed by atoms with Gasteiger partial charge < -0.3 is 5.73 Å². The van der Waals surface area contributed by atoms with Gasteiger partial charge in [0.15, 0.2) is 5.84 Å². The van der Waals surface area contributed by atoms with Crippen molar-refractivity contribution in [2.75, 3.05) is 0 Å². The SMILES string of the molecule is CC1(C)c2ccccc2-c2ccc(C(N)=NC(=NCc3ccc4ccccc4c3)c3ccc4c(c3)C(C)(C)c3ccccc3-4)cc21. The number of hydrogen-bond acceptors (Lipinski definition) is 1. The van der Waals surface area contributed by atoms with Crippen LogP contribution in [0.25, 0.3) is 33.0 Å². The fraction of sp³-hybridized carbons (Fsp3) is 0.163. The van der Waals surface area contributed by atoms with Crippen molar-refractivity contribution in [2.45, 2.75) is 45.1 Å². The van der Waals surface area contributed by atoms with Gasteiger partial charge >= 0.3 is 0 Å². The van der Waals surface area contributed by atoms with Crippen molar-refractivity contribution >= 4 is 22.4 Å². The first-order valence-electron chi connectivity index (χ1n) is 16.1. The van der Waals surface area contributed by atoms with Crippen molar-refractivity contribution in [3.05, 3.63) is 166 Å². The summed E-state index contributed by atoms with van der Waals surface area (Å²) < 4.78 is 0. The molecule has 0 radical (unpaired) electrons. The summed E-state index contributed by atoms with van der Waals surface area (Å²) in [4.78, 5) is 10.2. The summed E-state index contributed by atoms with van der Waals surface area (Å²) in [6, 6.07) is 45.5. The largest absolute Gasteiger partial charge is 0.383 e. The Bertz CT molecular complexity index is 2250. The van der Waals surface area contributed by atoms with E-state index in [2.05, 4.69) is 155 Å². The van der Waals surface area contributed by atoms with Gasteiger partial charge in [-0.3, -0.25) is 4.99 Å². The summed E-state index contributed by atoms with van der Waals surface area (Å²) in [6.07, 6.45) is 0. The molecule has 224 valence electrons. The highest BCUT2D eigenvalue weighted by atomic mass is 15.0. The lowest BCUT2D eigenvalue weighted by Gasteiger charge is -2.22. The van der Waals surface area contributed by atoms with Crippen molar-refractivity contribution < 1.29 is 0 Å². The molecule has 0 aromatic heterocycles. The molecule has 0 atom stereocenters. The molecule has 6 aromatic rings. The lowest BCUT2D eigenvalue weighted by Crippen LogP contribution is -2.20. The van der Waals surface area contributed by atoms with E-state index < -0.39 is 0 Å². The Morgan fingerprint density at radius 1 is 0.522 bits per heavy atom. The maximum absolute atomic E-state index is 6.87. The molecule has 2 aliphatic carbocycles. The minimum atomic E-state index is -0.124. The molecule has 0 heterocycles. The summed E-state index contributed by atoms with van der Waals surface area (Å²) in [5.74, 6) is 1.11. The standard InChI is InChI=1S/C43H37N3/c1-42(2)36-15-9-7-13-32(36)34-21-19-30(24-38(34)42)40(44)46-41(45-26-27-17-18-28-11-5-6-12-29(28)23-27)31-20-22-35-33-14-8-10-16-37(33)43(3,4)39(35)25-31/h5-25H,26H2,1-4H3,(H2,44,45,46). The molecule has 0 amide bonds. The molecule has 6 aromatic carbocycles. The molecule has 0 saturated carbocycles. The fourth-order valence-electron chi connectivity index (χ4n) is 7.58. The molecule has 3 heteroatoms. The van der Waals surface area contributed by atoms with Gasteiger partial charge in [-0.15, -0.1) is 0 Å². The molecule has 0 bridgehead atoms. The summed E-state index contributed by atoms with van der Waals surface area (Å²) in [7, 11) is 0. The fourth-order valence-corrected chi connectivity index (χ4v) is 7.58. The van der Waals surface area contributed by atoms with Gasteiger partial charge in [-0.25, -0.2) is 4.99 Å². The Labute approximate surface area is 271 Å². The van der Waals surface area contributed by atoms with Crippen LogP contribution in [0, 0.1) is 0 Å². The Morgan fingerprint density at radius 2 is 1.04 bits per heavy atom. The topological polar surface area (TPSA) is 50.7 Å². The summed E-state index contributed by atoms with van der Waals surface area (Å²) in [5, 5.41) is 2.43. The van der Waals surface area contributed by atoms with E-state index in [-0.39, 0.29) is 10.8 Å². The monoisotopic (exact) mass is 595 g/mol. The average Bonchev–Trinajstić information content (AvgIpc) is 3.45. The lowest BCUT2D eigenvalue weighted by molar-refractivity contribution is 0.660. The predicted molar refractivity (Wildman–Crippen MR) is 193 cm³/mol. The summed E-state index contributed by atoms with van der Waals surface area (Å²) in [6.45, 7) is 9.68. The number of rotatable bonds is 4. The van der Waals surface area contributed by atoms with E-state index in [4.69, 9.17) is 15.7 Å². The van der Waals surface area contributed by atoms with Gasteiger partial charge in [0, 0.05) is 22.0 Å². The van der Waals surface area contributed by atoms with Gasteiger partial charge in [-0.1, -0.05) is 137 Å². The third-order valence-corrected chi connectivity index (χ3v) is 10.2. The number of fused-ring (bicyclic) bond motifs is 7. The first kappa shape index (κ1) is 28.2. The maximum atomic E-state index is 6.87. The molecule has 0 fully saturated rings. The molecule has 8 rings (SSSR count). The third kappa shape index (κ3) is 4.41. The lowest BCUT2D eigenvalue weighted by atomic mass is 9.82. The quantitative estimate of drug-likeness (QED) is 0.160. The van der Waals surface area contributed by atoms with Crippen LogP contribution in [0.15, 0.2) is 137 Å². The number of nitrogens with zero attached hydrogens (tertiary/aromatic N) is 2. The van der Waals surface area contributed by atoms with Crippen LogP contribution in [0.2, 0.25) is 0 Å². The zero-order valence-corrected chi connectivity index (χ0v) is 26.8. The van der Waals surface area contributed by atoms with Crippen LogP contribution in [0.3, 0.4) is 0 Å². The van der Waals surface area contributed by atoms with E-state index in [1.165, 1.54) is 55.3 Å². The van der Waals surface area contributed by atoms with E-state index in [0.717, 1.165) is 16.7 Å². The molecular formula is C43H37N3. The molecule has 2 aliphatic rings. The first-order valence-corrected chi connectivity index (χ1v) is 16.1. The smallest absolute Gasteiger partial charge is 0.157 e. The molecule has 0 spiro atoms. The number of amidine groups is 2. The minimum Gasteiger partial charge on any atom is -0.383 e. The van der Waals surface area contributed by atoms with Crippen LogP contribution >= 0.6 is 0 Å². The summed E-state index contributed by atoms with van der Waals surface area (Å²) >= 11 is 0. The predicted octanol–water partition coefficient (Wildman–Crippen LogP) is 9.80. The first-order chi connectivity index (χ1) is 22.2. The number of hydrogen-bond donors (Lipinski definition) is 1. The van der Waals surface area contributed by atoms with Gasteiger partial charge in [0.1, 0.15) is 5.84 Å². The molecule has 2 N–H and O–H groups in total. The Balaban J connectivity index is 1.22. The van der Waals surface area contributed by atoms with Crippen LogP contribution in [0.1, 0.15) is 66.6 Å². The van der Waals surface area contributed by atoms with Crippen LogP contribution in [-0.2, 0) is 17.4 Å². The Morgan fingerprint density at radius 3 is 1.70 bits per heavy atom. The van der Waals surface area contributed by atoms with Crippen molar-refractivity contribution in [2.24, 2.45) is 15.7 Å². The van der Waals surface area contributed by atoms with E-state index in [1.54, 1.807) is 0 Å². The van der Waals surface area contributed by atoms with Crippen LogP contribution in [-0.4, -0.2) is 11.7 Å². The second kappa shape index (κ2) is 10.4. The number of benzene rings is 6. The highest BCUT2D eigenvalue weighted by molar-refractivity contribution is 6.11. The summed E-state index contributed by atoms with van der Waals surface area (Å²) in [5.41, 5.74) is 20.0. The van der Waals surface area contributed by atoms with E-state index in [0.29, 0.717) is 18.2 Å². The highest BCUT2D eigenvalue weighted by Gasteiger charge is 2.36. The molecule has 0 aliphatic heterocycles. The molecule has 3 nitrogen and oxygen atoms in total. The van der Waals surface area contributed by atoms with Crippen LogP contribution in [0.5, 0.6) is 0 Å². The number of nitrogens with two attached hydrogens (primary N) is 1. The van der Waals surface area contributed by atoms with Crippen molar-refractivity contribution in [1.29, 1.82) is 0 Å². The average molecular weight is 596 g/mol. The normalized spacial score (nSPS) is 15.7. The zero-order chi connectivity index (χ0) is 31.6. The molecular weight excluding hydrogens is 558 g/mol. The van der Waals surface area contributed by atoms with Crippen molar-refractivity contribution in [3.63, 3.8) is 0 Å². The van der Waals surface area contributed by atoms with Crippen molar-refractivity contribution in [3.8, 4) is 22.3 Å². The molecule has 46 heavy (non-hydrogen) atoms. The Hall–Kier alpha value is -5.28. The van der Waals surface area contributed by atoms with Crippen molar-refractivity contribution in [1.82, 2.24) is 0 Å². The van der Waals surface area contributed by atoms with Gasteiger partial charge in [-0.05, 0) is 79.0 Å². The second-order valence-electron chi connectivity index (χ2n) is 13.7. The zero-order valence-electron chi connectivity index (χ0n) is 26.8. The van der Waals surface area contributed by atoms with E-state index >= 15 is 0 Å². The van der Waals surface area contributed by atoms with Crippen LogP contribution in [0.4, 0.5) is 0 Å². The van der Waals surface area contributed by atoms with Crippen LogP contribution < -0.4 is 5.73 Å². The second-order valence-corrected chi connectivity index (χ2v) is 13.7. The minimum absolute atomic E-state index is 0.115. The van der Waals surface area contributed by atoms with Gasteiger partial charge in [0.2, 0.25) is 0 Å². The van der Waals surface area contributed by atoms with Gasteiger partial charge in [-0.2, -0.15) is 0 Å². The maximum Gasteiger partial charge on any atom is 0.157 e. The Kier molecular flexibility index (Phi) is 6.37.